The van der Waals surface area contributed by atoms with Crippen LogP contribution in [0.25, 0.3) is 0 Å². The van der Waals surface area contributed by atoms with Gasteiger partial charge in [0.05, 0.1) is 18.6 Å². The normalized spacial score (nSPS) is 22.8. The number of amides is 3. The molecule has 2 atom stereocenters. The van der Waals surface area contributed by atoms with Crippen molar-refractivity contribution in [2.45, 2.75) is 50.9 Å². The summed E-state index contributed by atoms with van der Waals surface area (Å²) < 4.78 is 11.1. The molecular weight excluding hydrogens is 406 g/mol. The van der Waals surface area contributed by atoms with Crippen molar-refractivity contribution in [1.82, 2.24) is 15.8 Å². The molecule has 0 radical (unpaired) electrons. The number of ether oxygens (including phenoxy) is 2. The number of thioether (sulfide) groups is 1. The lowest BCUT2D eigenvalue weighted by molar-refractivity contribution is -0.138. The monoisotopic (exact) mass is 435 g/mol. The molecule has 1 aromatic rings. The molecule has 1 aromatic carbocycles. The van der Waals surface area contributed by atoms with Crippen molar-refractivity contribution in [3.05, 3.63) is 23.8 Å². The van der Waals surface area contributed by atoms with Crippen LogP contribution in [0.1, 0.15) is 50.4 Å². The van der Waals surface area contributed by atoms with Crippen LogP contribution < -0.4 is 20.3 Å². The number of benzene rings is 1. The molecule has 0 aromatic heterocycles. The summed E-state index contributed by atoms with van der Waals surface area (Å²) in [6, 6.07) is 4.28. The summed E-state index contributed by atoms with van der Waals surface area (Å²) >= 11 is 1.60. The van der Waals surface area contributed by atoms with Crippen molar-refractivity contribution < 1.29 is 23.9 Å². The van der Waals surface area contributed by atoms with Crippen molar-refractivity contribution >= 4 is 29.5 Å². The molecule has 8 nitrogen and oxygen atoms in total. The van der Waals surface area contributed by atoms with Crippen molar-refractivity contribution in [3.63, 3.8) is 0 Å². The molecule has 2 N–H and O–H groups in total. The van der Waals surface area contributed by atoms with E-state index in [9.17, 15) is 14.4 Å². The summed E-state index contributed by atoms with van der Waals surface area (Å²) in [6.07, 6.45) is 2.10. The van der Waals surface area contributed by atoms with Gasteiger partial charge in [0, 0.05) is 17.7 Å². The lowest BCUT2D eigenvalue weighted by atomic mass is 10.1. The van der Waals surface area contributed by atoms with Gasteiger partial charge in [0.1, 0.15) is 6.04 Å². The number of hydrogen-bond acceptors (Lipinski definition) is 6. The van der Waals surface area contributed by atoms with Crippen LogP contribution in [-0.4, -0.2) is 53.0 Å². The lowest BCUT2D eigenvalue weighted by Gasteiger charge is -2.29. The minimum Gasteiger partial charge on any atom is -0.493 e. The first-order valence-electron chi connectivity index (χ1n) is 10.1. The van der Waals surface area contributed by atoms with E-state index >= 15 is 0 Å². The van der Waals surface area contributed by atoms with Crippen LogP contribution in [0.15, 0.2) is 18.2 Å². The molecule has 2 heterocycles. The largest absolute Gasteiger partial charge is 0.493 e. The Balaban J connectivity index is 1.58. The molecule has 9 heteroatoms. The molecule has 3 rings (SSSR count). The number of hydrazine groups is 1. The fraction of sp³-hybridized carbons (Fsp3) is 0.571. The summed E-state index contributed by atoms with van der Waals surface area (Å²) in [7, 11) is 1.51. The quantitative estimate of drug-likeness (QED) is 0.638. The van der Waals surface area contributed by atoms with Gasteiger partial charge >= 0.3 is 0 Å². The maximum Gasteiger partial charge on any atom is 0.269 e. The second-order valence-electron chi connectivity index (χ2n) is 8.11. The smallest absolute Gasteiger partial charge is 0.269 e. The molecule has 164 valence electrons. The first-order valence-corrected chi connectivity index (χ1v) is 11.1. The van der Waals surface area contributed by atoms with Crippen LogP contribution in [0.2, 0.25) is 0 Å². The van der Waals surface area contributed by atoms with E-state index in [0.29, 0.717) is 41.8 Å². The predicted molar refractivity (Wildman–Crippen MR) is 114 cm³/mol. The van der Waals surface area contributed by atoms with Crippen molar-refractivity contribution in [2.75, 3.05) is 19.5 Å². The first kappa shape index (κ1) is 22.3. The van der Waals surface area contributed by atoms with E-state index in [2.05, 4.69) is 24.7 Å². The summed E-state index contributed by atoms with van der Waals surface area (Å²) in [5.74, 6) is 1.16. The van der Waals surface area contributed by atoms with Gasteiger partial charge < -0.3 is 14.4 Å². The van der Waals surface area contributed by atoms with Gasteiger partial charge in [0.25, 0.3) is 11.8 Å². The highest BCUT2D eigenvalue weighted by molar-refractivity contribution is 8.01. The third-order valence-electron chi connectivity index (χ3n) is 5.43. The molecule has 0 saturated carbocycles. The molecule has 3 amide bonds. The Morgan fingerprint density at radius 1 is 1.30 bits per heavy atom. The van der Waals surface area contributed by atoms with E-state index in [1.54, 1.807) is 34.9 Å². The third-order valence-corrected chi connectivity index (χ3v) is 6.93. The fourth-order valence-corrected chi connectivity index (χ4v) is 5.05. The average Bonchev–Trinajstić information content (AvgIpc) is 3.21. The second kappa shape index (κ2) is 9.16. The molecule has 2 saturated heterocycles. The van der Waals surface area contributed by atoms with Crippen LogP contribution in [0.5, 0.6) is 11.5 Å². The lowest BCUT2D eigenvalue weighted by Crippen LogP contribution is -2.54. The molecule has 0 spiro atoms. The van der Waals surface area contributed by atoms with Gasteiger partial charge in [0.2, 0.25) is 5.91 Å². The van der Waals surface area contributed by atoms with Gasteiger partial charge in [-0.25, -0.2) is 0 Å². The molecule has 2 aliphatic heterocycles. The predicted octanol–water partition coefficient (Wildman–Crippen LogP) is 2.34. The highest BCUT2D eigenvalue weighted by Crippen LogP contribution is 2.47. The summed E-state index contributed by atoms with van der Waals surface area (Å²) in [5, 5.41) is 0. The number of methoxy groups -OCH3 is 1. The maximum atomic E-state index is 12.6. The van der Waals surface area contributed by atoms with Gasteiger partial charge in [0.15, 0.2) is 11.5 Å². The van der Waals surface area contributed by atoms with E-state index in [0.717, 1.165) is 12.8 Å². The zero-order valence-corrected chi connectivity index (χ0v) is 18.6. The molecule has 0 bridgehead atoms. The van der Waals surface area contributed by atoms with Gasteiger partial charge in [-0.2, -0.15) is 0 Å². The number of hydrogen-bond donors (Lipinski definition) is 2. The van der Waals surface area contributed by atoms with E-state index in [1.807, 2.05) is 6.92 Å². The molecule has 2 unspecified atom stereocenters. The third kappa shape index (κ3) is 4.66. The minimum atomic E-state index is -0.582. The van der Waals surface area contributed by atoms with Crippen molar-refractivity contribution in [1.29, 1.82) is 0 Å². The topological polar surface area (TPSA) is 97.0 Å². The second-order valence-corrected chi connectivity index (χ2v) is 9.61. The number of carbonyl (C=O) groups excluding carboxylic acids is 3. The minimum absolute atomic E-state index is 0.0215. The average molecular weight is 436 g/mol. The molecule has 0 aliphatic carbocycles. The molecule has 2 fully saturated rings. The Morgan fingerprint density at radius 3 is 2.77 bits per heavy atom. The summed E-state index contributed by atoms with van der Waals surface area (Å²) in [6.45, 7) is 6.77. The van der Waals surface area contributed by atoms with Gasteiger partial charge in [-0.15, -0.1) is 11.8 Å². The van der Waals surface area contributed by atoms with E-state index < -0.39 is 17.9 Å². The van der Waals surface area contributed by atoms with Crippen molar-refractivity contribution in [2.24, 2.45) is 5.92 Å². The fourth-order valence-electron chi connectivity index (χ4n) is 3.62. The Bertz CT molecular complexity index is 831. The molecule has 30 heavy (non-hydrogen) atoms. The zero-order chi connectivity index (χ0) is 21.9. The number of carbonyl (C=O) groups is 3. The SMILES string of the molecule is COc1cc(C(=O)NNC(=O)C2CSC3(C)CCC(=O)N23)ccc1OCCC(C)C. The van der Waals surface area contributed by atoms with E-state index in [1.165, 1.54) is 7.11 Å². The van der Waals surface area contributed by atoms with E-state index in [4.69, 9.17) is 9.47 Å². The molecular formula is C21H29N3O5S. The van der Waals surface area contributed by atoms with Gasteiger partial charge in [-0.1, -0.05) is 13.8 Å². The highest BCUT2D eigenvalue weighted by atomic mass is 32.2. The Kier molecular flexibility index (Phi) is 6.80. The van der Waals surface area contributed by atoms with Crippen LogP contribution in [0.3, 0.4) is 0 Å². The number of nitrogens with zero attached hydrogens (tertiary/aromatic N) is 1. The van der Waals surface area contributed by atoms with Crippen LogP contribution >= 0.6 is 11.8 Å². The van der Waals surface area contributed by atoms with Crippen LogP contribution in [0, 0.1) is 5.92 Å². The van der Waals surface area contributed by atoms with E-state index in [-0.39, 0.29) is 10.8 Å². The zero-order valence-electron chi connectivity index (χ0n) is 17.8. The number of rotatable bonds is 7. The standard InChI is InChI=1S/C21H29N3O5S/c1-13(2)8-10-29-16-6-5-14(11-17(16)28-4)19(26)22-23-20(27)15-12-30-21(3)9-7-18(25)24(15)21/h5-6,11,13,15H,7-10,12H2,1-4H3,(H,22,26)(H,23,27). The Morgan fingerprint density at radius 2 is 2.07 bits per heavy atom. The Labute approximate surface area is 181 Å². The number of nitrogens with one attached hydrogen (secondary N) is 2. The van der Waals surface area contributed by atoms with Crippen molar-refractivity contribution in [3.8, 4) is 11.5 Å². The summed E-state index contributed by atoms with van der Waals surface area (Å²) in [4.78, 5) is 38.6. The van der Waals surface area contributed by atoms with Crippen LogP contribution in [0.4, 0.5) is 0 Å². The first-order chi connectivity index (χ1) is 14.2. The summed E-state index contributed by atoms with van der Waals surface area (Å²) in [5.41, 5.74) is 5.21. The molecule has 2 aliphatic rings. The highest BCUT2D eigenvalue weighted by Gasteiger charge is 2.52. The maximum absolute atomic E-state index is 12.6. The Hall–Kier alpha value is -2.42. The van der Waals surface area contributed by atoms with Gasteiger partial charge in [-0.3, -0.25) is 25.2 Å². The number of fused-ring (bicyclic) bond motifs is 1. The van der Waals surface area contributed by atoms with Gasteiger partial charge in [-0.05, 0) is 43.9 Å². The van der Waals surface area contributed by atoms with Crippen LogP contribution in [-0.2, 0) is 9.59 Å².